The number of aryl methyl sites for hydroxylation is 1. The number of amides is 6. The van der Waals surface area contributed by atoms with Gasteiger partial charge in [-0.15, -0.1) is 0 Å². The number of imidazole rings is 1. The summed E-state index contributed by atoms with van der Waals surface area (Å²) in [5.74, 6) is -1.06. The minimum Gasteiger partial charge on any atom is -0.382 e. The molecule has 2 fully saturated rings. The van der Waals surface area contributed by atoms with Gasteiger partial charge in [-0.25, -0.2) is 4.98 Å². The number of aromatic amines is 1. The summed E-state index contributed by atoms with van der Waals surface area (Å²) in [5.41, 5.74) is 4.79. The summed E-state index contributed by atoms with van der Waals surface area (Å²) in [4.78, 5) is 87.0. The molecule has 70 heavy (non-hydrogen) atoms. The number of nitrogens with zero attached hydrogens (tertiary/aromatic N) is 5. The maximum atomic E-state index is 13.2. The molecule has 0 radical (unpaired) electrons. The number of hydrogen-bond donors (Lipinski definition) is 5. The van der Waals surface area contributed by atoms with Crippen LogP contribution in [0.4, 0.5) is 11.4 Å². The first-order chi connectivity index (χ1) is 34.1. The Bertz CT molecular complexity index is 2670. The fraction of sp³-hybridized carbons (Fsp3) is 0.469. The number of H-pyrrole nitrogens is 1. The molecule has 0 aliphatic carbocycles. The van der Waals surface area contributed by atoms with Crippen LogP contribution in [0.25, 0.3) is 21.9 Å². The van der Waals surface area contributed by atoms with Crippen molar-refractivity contribution < 1.29 is 52.5 Å². The number of aromatic nitrogens is 4. The van der Waals surface area contributed by atoms with Gasteiger partial charge in [0.15, 0.2) is 0 Å². The van der Waals surface area contributed by atoms with E-state index in [9.17, 15) is 28.8 Å². The molecule has 21 heteroatoms. The van der Waals surface area contributed by atoms with Gasteiger partial charge in [-0.05, 0) is 80.3 Å². The van der Waals surface area contributed by atoms with Crippen LogP contribution >= 0.6 is 0 Å². The van der Waals surface area contributed by atoms with E-state index in [2.05, 4.69) is 36.2 Å². The Hall–Kier alpha value is -6.62. The molecule has 2 unspecified atom stereocenters. The minimum atomic E-state index is -1.02. The molecular weight excluding hydrogens is 905 g/mol. The summed E-state index contributed by atoms with van der Waals surface area (Å²) < 4.78 is 29.6. The van der Waals surface area contributed by atoms with Gasteiger partial charge < -0.3 is 44.6 Å². The molecule has 21 nitrogen and oxygen atoms in total. The molecule has 5 heterocycles. The summed E-state index contributed by atoms with van der Waals surface area (Å²) in [7, 11) is 1.87. The molecule has 0 spiro atoms. The summed E-state index contributed by atoms with van der Waals surface area (Å²) in [6.45, 7) is 7.34. The van der Waals surface area contributed by atoms with E-state index in [1.807, 2.05) is 37.4 Å². The van der Waals surface area contributed by atoms with Crippen LogP contribution < -0.4 is 21.3 Å². The average molecular weight is 965 g/mol. The maximum absolute atomic E-state index is 13.2. The molecule has 5 N–H and O–H groups in total. The topological polar surface area (TPSA) is 250 Å². The standard InChI is InChI=1S/C49H60N10O11/c1-57-40-8-5-33(27-34(40)29-52-57)46(62)53-35-6-7-37-39(28-35)55-42(54-37)31-58-16-12-32(30-58)11-14-51-43(60)13-17-66-19-21-68-23-25-70-26-24-69-22-20-67-18-15-50-38-4-2-3-36-45(38)49(65)59(48(36)64)41-9-10-44(61)56-47(41)63/h2-8,27-29,32,41,50H,9-26,30-31H2,1H3,(H,51,60)(H,53,62)(H,54,55)(H,56,61,63). The van der Waals surface area contributed by atoms with Crippen molar-refractivity contribution in [2.75, 3.05) is 103 Å². The smallest absolute Gasteiger partial charge is 0.264 e. The number of anilines is 2. The highest BCUT2D eigenvalue weighted by Crippen LogP contribution is 2.32. The van der Waals surface area contributed by atoms with Crippen molar-refractivity contribution in [3.05, 3.63) is 83.3 Å². The Morgan fingerprint density at radius 1 is 0.814 bits per heavy atom. The van der Waals surface area contributed by atoms with Gasteiger partial charge in [0.25, 0.3) is 17.7 Å². The summed E-state index contributed by atoms with van der Waals surface area (Å²) >= 11 is 0. The van der Waals surface area contributed by atoms with E-state index < -0.39 is 29.7 Å². The Kier molecular flexibility index (Phi) is 17.3. The predicted octanol–water partition coefficient (Wildman–Crippen LogP) is 3.02. The highest BCUT2D eigenvalue weighted by atomic mass is 16.6. The second-order valence-electron chi connectivity index (χ2n) is 17.4. The van der Waals surface area contributed by atoms with Crippen LogP contribution in [0.3, 0.4) is 0 Å². The van der Waals surface area contributed by atoms with Crippen molar-refractivity contribution in [2.24, 2.45) is 13.0 Å². The summed E-state index contributed by atoms with van der Waals surface area (Å²) in [6.07, 6.45) is 4.15. The number of ether oxygens (including phenoxy) is 5. The fourth-order valence-corrected chi connectivity index (χ4v) is 8.79. The van der Waals surface area contributed by atoms with Crippen molar-refractivity contribution in [1.29, 1.82) is 0 Å². The largest absolute Gasteiger partial charge is 0.382 e. The van der Waals surface area contributed by atoms with Crippen molar-refractivity contribution >= 4 is 68.8 Å². The highest BCUT2D eigenvalue weighted by molar-refractivity contribution is 6.25. The van der Waals surface area contributed by atoms with Crippen LogP contribution in [0.15, 0.2) is 60.8 Å². The van der Waals surface area contributed by atoms with Crippen molar-refractivity contribution in [3.8, 4) is 0 Å². The molecular formula is C49H60N10O11. The van der Waals surface area contributed by atoms with E-state index in [-0.39, 0.29) is 42.2 Å². The van der Waals surface area contributed by atoms with Crippen molar-refractivity contribution in [2.45, 2.75) is 44.7 Å². The average Bonchev–Trinajstić information content (AvgIpc) is 4.13. The normalized spacial score (nSPS) is 17.2. The van der Waals surface area contributed by atoms with Crippen LogP contribution in [-0.4, -0.2) is 163 Å². The number of likely N-dealkylation sites (tertiary alicyclic amines) is 1. The Balaban J connectivity index is 0.584. The first-order valence-corrected chi connectivity index (χ1v) is 23.8. The number of fused-ring (bicyclic) bond motifs is 3. The van der Waals surface area contributed by atoms with E-state index in [0.717, 1.165) is 58.6 Å². The molecule has 6 amide bonds. The van der Waals surface area contributed by atoms with Crippen LogP contribution in [-0.2, 0) is 51.7 Å². The molecule has 8 rings (SSSR count). The molecule has 2 atom stereocenters. The van der Waals surface area contributed by atoms with Gasteiger partial charge in [-0.1, -0.05) is 6.07 Å². The lowest BCUT2D eigenvalue weighted by Gasteiger charge is -2.27. The van der Waals surface area contributed by atoms with E-state index >= 15 is 0 Å². The number of nitrogens with one attached hydrogen (secondary N) is 5. The Morgan fingerprint density at radius 3 is 2.31 bits per heavy atom. The first-order valence-electron chi connectivity index (χ1n) is 23.8. The lowest BCUT2D eigenvalue weighted by Crippen LogP contribution is -2.54. The first kappa shape index (κ1) is 49.8. The fourth-order valence-electron chi connectivity index (χ4n) is 8.79. The minimum absolute atomic E-state index is 0.0330. The second-order valence-corrected chi connectivity index (χ2v) is 17.4. The zero-order chi connectivity index (χ0) is 48.8. The van der Waals surface area contributed by atoms with E-state index in [1.165, 1.54) is 0 Å². The summed E-state index contributed by atoms with van der Waals surface area (Å²) in [6, 6.07) is 15.1. The van der Waals surface area contributed by atoms with Crippen LogP contribution in [0.2, 0.25) is 0 Å². The number of benzene rings is 3. The molecule has 2 saturated heterocycles. The van der Waals surface area contributed by atoms with Gasteiger partial charge in [-0.2, -0.15) is 5.10 Å². The number of carbonyl (C=O) groups is 6. The number of rotatable bonds is 27. The number of imide groups is 2. The van der Waals surface area contributed by atoms with Gasteiger partial charge >= 0.3 is 0 Å². The van der Waals surface area contributed by atoms with E-state index in [4.69, 9.17) is 28.7 Å². The highest BCUT2D eigenvalue weighted by Gasteiger charge is 2.45. The van der Waals surface area contributed by atoms with Crippen molar-refractivity contribution in [3.63, 3.8) is 0 Å². The summed E-state index contributed by atoms with van der Waals surface area (Å²) in [5, 5.41) is 16.5. The van der Waals surface area contributed by atoms with Crippen LogP contribution in [0.1, 0.15) is 69.0 Å². The SMILES string of the molecule is Cn1ncc2cc(C(=O)Nc3ccc4[nH]c(CN5CCC(CCNC(=O)CCOCCOCCOCCOCCOCCNc6cccc7c6C(=O)N(C6CCC(=O)NC6=O)C7=O)C5)nc4c3)ccc21. The van der Waals surface area contributed by atoms with Crippen molar-refractivity contribution in [1.82, 2.24) is 40.2 Å². The third-order valence-electron chi connectivity index (χ3n) is 12.4. The van der Waals surface area contributed by atoms with Gasteiger partial charge in [-0.3, -0.25) is 48.6 Å². The number of piperidine rings is 1. The number of hydrogen-bond acceptors (Lipinski definition) is 15. The second kappa shape index (κ2) is 24.3. The lowest BCUT2D eigenvalue weighted by molar-refractivity contribution is -0.136. The monoisotopic (exact) mass is 964 g/mol. The molecule has 3 aliphatic rings. The lowest BCUT2D eigenvalue weighted by atomic mass is 10.0. The Labute approximate surface area is 404 Å². The predicted molar refractivity (Wildman–Crippen MR) is 256 cm³/mol. The molecule has 0 bridgehead atoms. The Morgan fingerprint density at radius 2 is 1.56 bits per heavy atom. The van der Waals surface area contributed by atoms with Crippen LogP contribution in [0.5, 0.6) is 0 Å². The van der Waals surface area contributed by atoms with E-state index in [0.29, 0.717) is 109 Å². The third kappa shape index (κ3) is 13.0. The number of carbonyl (C=O) groups excluding carboxylic acids is 6. The molecule has 3 aliphatic heterocycles. The molecule has 5 aromatic rings. The molecule has 0 saturated carbocycles. The molecule has 2 aromatic heterocycles. The maximum Gasteiger partial charge on any atom is 0.264 e. The van der Waals surface area contributed by atoms with E-state index in [1.54, 1.807) is 35.1 Å². The zero-order valence-electron chi connectivity index (χ0n) is 39.3. The quantitative estimate of drug-likeness (QED) is 0.0375. The van der Waals surface area contributed by atoms with Gasteiger partial charge in [0.1, 0.15) is 11.9 Å². The molecule has 3 aromatic carbocycles. The van der Waals surface area contributed by atoms with Gasteiger partial charge in [0.2, 0.25) is 17.7 Å². The van der Waals surface area contributed by atoms with Gasteiger partial charge in [0.05, 0.1) is 106 Å². The van der Waals surface area contributed by atoms with Crippen LogP contribution in [0, 0.1) is 5.92 Å². The third-order valence-corrected chi connectivity index (χ3v) is 12.4. The zero-order valence-corrected chi connectivity index (χ0v) is 39.3. The molecule has 372 valence electrons. The van der Waals surface area contributed by atoms with Gasteiger partial charge in [0, 0.05) is 61.8 Å².